The molecular formula is C17H19BrN2O4. The molecule has 0 aliphatic heterocycles. The highest BCUT2D eigenvalue weighted by atomic mass is 79.9. The summed E-state index contributed by atoms with van der Waals surface area (Å²) in [5.41, 5.74) is 8.14. The highest BCUT2D eigenvalue weighted by molar-refractivity contribution is 9.10. The van der Waals surface area contributed by atoms with E-state index < -0.39 is 12.6 Å². The first kappa shape index (κ1) is 18.1. The summed E-state index contributed by atoms with van der Waals surface area (Å²) in [6.45, 7) is 2.43. The van der Waals surface area contributed by atoms with Gasteiger partial charge >= 0.3 is 5.97 Å². The van der Waals surface area contributed by atoms with Gasteiger partial charge in [0.15, 0.2) is 18.1 Å². The third kappa shape index (κ3) is 5.43. The number of hydrogen-bond acceptors (Lipinski definition) is 5. The quantitative estimate of drug-likeness (QED) is 0.565. The van der Waals surface area contributed by atoms with E-state index in [9.17, 15) is 4.79 Å². The normalized spacial score (nSPS) is 10.2. The molecule has 24 heavy (non-hydrogen) atoms. The minimum atomic E-state index is -1.04. The Morgan fingerprint density at radius 3 is 2.62 bits per heavy atom. The zero-order valence-electron chi connectivity index (χ0n) is 13.2. The smallest absolute Gasteiger partial charge is 0.341 e. The number of halogens is 1. The maximum atomic E-state index is 10.7. The van der Waals surface area contributed by atoms with E-state index in [0.29, 0.717) is 29.1 Å². The molecule has 0 amide bonds. The Hall–Kier alpha value is -2.25. The van der Waals surface area contributed by atoms with Crippen molar-refractivity contribution < 1.29 is 19.4 Å². The standard InChI is InChI=1S/C17H19BrN2O4/c1-2-23-15-9-12(8-14(18)17(15)24-11-16(21)22)10-19-20-13-6-4-3-5-7-13/h3-9,19-20H,2,10-11H2,1H3,(H,21,22). The van der Waals surface area contributed by atoms with Crippen LogP contribution in [-0.4, -0.2) is 24.3 Å². The van der Waals surface area contributed by atoms with Gasteiger partial charge in [-0.05, 0) is 52.7 Å². The molecule has 3 N–H and O–H groups in total. The van der Waals surface area contributed by atoms with Gasteiger partial charge in [-0.2, -0.15) is 0 Å². The Labute approximate surface area is 148 Å². The molecule has 7 heteroatoms. The van der Waals surface area contributed by atoms with Gasteiger partial charge in [0.05, 0.1) is 11.1 Å². The van der Waals surface area contributed by atoms with E-state index >= 15 is 0 Å². The summed E-state index contributed by atoms with van der Waals surface area (Å²) in [7, 11) is 0. The molecule has 0 fully saturated rings. The second kappa shape index (κ2) is 9.14. The van der Waals surface area contributed by atoms with Crippen molar-refractivity contribution in [1.29, 1.82) is 0 Å². The van der Waals surface area contributed by atoms with Crippen LogP contribution in [0.3, 0.4) is 0 Å². The topological polar surface area (TPSA) is 79.8 Å². The van der Waals surface area contributed by atoms with Gasteiger partial charge in [-0.15, -0.1) is 0 Å². The molecule has 0 unspecified atom stereocenters. The fourth-order valence-corrected chi connectivity index (χ4v) is 2.63. The molecule has 0 saturated heterocycles. The Morgan fingerprint density at radius 1 is 1.21 bits per heavy atom. The predicted molar refractivity (Wildman–Crippen MR) is 95.3 cm³/mol. The van der Waals surface area contributed by atoms with Crippen LogP contribution in [0, 0.1) is 0 Å². The minimum absolute atomic E-state index is 0.388. The average molecular weight is 395 g/mol. The number of hydrogen-bond donors (Lipinski definition) is 3. The van der Waals surface area contributed by atoms with Crippen LogP contribution in [0.1, 0.15) is 12.5 Å². The Morgan fingerprint density at radius 2 is 1.96 bits per heavy atom. The third-order valence-electron chi connectivity index (χ3n) is 3.01. The zero-order chi connectivity index (χ0) is 17.4. The van der Waals surface area contributed by atoms with Crippen molar-refractivity contribution in [3.63, 3.8) is 0 Å². The predicted octanol–water partition coefficient (Wildman–Crippen LogP) is 3.43. The molecule has 0 aromatic heterocycles. The molecule has 6 nitrogen and oxygen atoms in total. The van der Waals surface area contributed by atoms with E-state index in [1.807, 2.05) is 49.4 Å². The van der Waals surface area contributed by atoms with Gasteiger partial charge in [-0.25, -0.2) is 10.2 Å². The number of para-hydroxylation sites is 1. The van der Waals surface area contributed by atoms with Gasteiger partial charge in [-0.3, -0.25) is 0 Å². The summed E-state index contributed by atoms with van der Waals surface area (Å²) in [4.78, 5) is 10.7. The van der Waals surface area contributed by atoms with Crippen LogP contribution >= 0.6 is 15.9 Å². The number of carboxylic acid groups (broad SMARTS) is 1. The second-order valence-electron chi connectivity index (χ2n) is 4.86. The first-order chi connectivity index (χ1) is 11.6. The fourth-order valence-electron chi connectivity index (χ4n) is 2.03. The van der Waals surface area contributed by atoms with E-state index in [4.69, 9.17) is 14.6 Å². The number of anilines is 1. The number of rotatable bonds is 9. The summed E-state index contributed by atoms with van der Waals surface area (Å²) < 4.78 is 11.5. The maximum absolute atomic E-state index is 10.7. The summed E-state index contributed by atoms with van der Waals surface area (Å²) in [6, 6.07) is 13.4. The molecule has 2 aromatic rings. The van der Waals surface area contributed by atoms with Crippen LogP contribution in [-0.2, 0) is 11.3 Å². The van der Waals surface area contributed by atoms with Crippen LogP contribution in [0.25, 0.3) is 0 Å². The van der Waals surface area contributed by atoms with Gasteiger partial charge in [0.1, 0.15) is 0 Å². The van der Waals surface area contributed by atoms with Crippen LogP contribution in [0.2, 0.25) is 0 Å². The van der Waals surface area contributed by atoms with Crippen molar-refractivity contribution >= 4 is 27.6 Å². The molecule has 0 aliphatic rings. The van der Waals surface area contributed by atoms with E-state index in [1.165, 1.54) is 0 Å². The number of nitrogens with one attached hydrogen (secondary N) is 2. The third-order valence-corrected chi connectivity index (χ3v) is 3.60. The Bertz CT molecular complexity index is 680. The summed E-state index contributed by atoms with van der Waals surface area (Å²) >= 11 is 3.41. The molecule has 128 valence electrons. The molecule has 2 aromatic carbocycles. The van der Waals surface area contributed by atoms with E-state index in [2.05, 4.69) is 26.8 Å². The molecule has 0 heterocycles. The van der Waals surface area contributed by atoms with Crippen molar-refractivity contribution in [2.24, 2.45) is 0 Å². The van der Waals surface area contributed by atoms with Crippen molar-refractivity contribution in [3.05, 3.63) is 52.5 Å². The number of benzene rings is 2. The first-order valence-corrected chi connectivity index (χ1v) is 8.23. The lowest BCUT2D eigenvalue weighted by molar-refractivity contribution is -0.139. The van der Waals surface area contributed by atoms with Gasteiger partial charge in [0, 0.05) is 12.2 Å². The summed E-state index contributed by atoms with van der Waals surface area (Å²) in [6.07, 6.45) is 0. The van der Waals surface area contributed by atoms with Crippen LogP contribution in [0.5, 0.6) is 11.5 Å². The largest absolute Gasteiger partial charge is 0.490 e. The van der Waals surface area contributed by atoms with Crippen molar-refractivity contribution in [3.8, 4) is 11.5 Å². The molecule has 0 spiro atoms. The first-order valence-electron chi connectivity index (χ1n) is 7.44. The van der Waals surface area contributed by atoms with E-state index in [1.54, 1.807) is 0 Å². The summed E-state index contributed by atoms with van der Waals surface area (Å²) in [5.74, 6) is -0.147. The van der Waals surface area contributed by atoms with E-state index in [-0.39, 0.29) is 0 Å². The minimum Gasteiger partial charge on any atom is -0.490 e. The monoisotopic (exact) mass is 394 g/mol. The fraction of sp³-hybridized carbons (Fsp3) is 0.235. The van der Waals surface area contributed by atoms with Crippen LogP contribution in [0.4, 0.5) is 5.69 Å². The van der Waals surface area contributed by atoms with Gasteiger partial charge in [0.25, 0.3) is 0 Å². The SMILES string of the molecule is CCOc1cc(CNNc2ccccc2)cc(Br)c1OCC(=O)O. The lowest BCUT2D eigenvalue weighted by atomic mass is 10.2. The lowest BCUT2D eigenvalue weighted by Gasteiger charge is -2.15. The van der Waals surface area contributed by atoms with Crippen LogP contribution in [0.15, 0.2) is 46.9 Å². The highest BCUT2D eigenvalue weighted by Crippen LogP contribution is 2.37. The van der Waals surface area contributed by atoms with Crippen molar-refractivity contribution in [1.82, 2.24) is 5.43 Å². The average Bonchev–Trinajstić information content (AvgIpc) is 2.55. The zero-order valence-corrected chi connectivity index (χ0v) is 14.8. The Kier molecular flexibility index (Phi) is 6.89. The molecular weight excluding hydrogens is 376 g/mol. The van der Waals surface area contributed by atoms with Gasteiger partial charge < -0.3 is 20.0 Å². The van der Waals surface area contributed by atoms with Crippen molar-refractivity contribution in [2.75, 3.05) is 18.6 Å². The summed E-state index contributed by atoms with van der Waals surface area (Å²) in [5, 5.41) is 8.77. The molecule has 0 atom stereocenters. The Balaban J connectivity index is 2.05. The second-order valence-corrected chi connectivity index (χ2v) is 5.72. The van der Waals surface area contributed by atoms with Crippen molar-refractivity contribution in [2.45, 2.75) is 13.5 Å². The van der Waals surface area contributed by atoms with Gasteiger partial charge in [-0.1, -0.05) is 18.2 Å². The number of hydrazine groups is 1. The maximum Gasteiger partial charge on any atom is 0.341 e. The lowest BCUT2D eigenvalue weighted by Crippen LogP contribution is -2.21. The molecule has 2 rings (SSSR count). The van der Waals surface area contributed by atoms with E-state index in [0.717, 1.165) is 11.3 Å². The van der Waals surface area contributed by atoms with Gasteiger partial charge in [0.2, 0.25) is 0 Å². The number of carboxylic acids is 1. The number of carbonyl (C=O) groups is 1. The number of ether oxygens (including phenoxy) is 2. The molecule has 0 saturated carbocycles. The highest BCUT2D eigenvalue weighted by Gasteiger charge is 2.13. The molecule has 0 radical (unpaired) electrons. The number of aliphatic carboxylic acids is 1. The van der Waals surface area contributed by atoms with Crippen LogP contribution < -0.4 is 20.3 Å². The molecule has 0 bridgehead atoms. The molecule has 0 aliphatic carbocycles.